The number of nitrogens with zero attached hydrogens (tertiary/aromatic N) is 2. The number of hydrogen-bond acceptors (Lipinski definition) is 2. The van der Waals surface area contributed by atoms with Gasteiger partial charge in [-0.25, -0.2) is 0 Å². The van der Waals surface area contributed by atoms with Crippen molar-refractivity contribution in [3.05, 3.63) is 12.7 Å². The molecule has 0 saturated heterocycles. The number of hydrazone groups is 1. The average Bonchev–Trinajstić information content (AvgIpc) is 1.88. The monoisotopic (exact) mass is 128 g/mol. The number of hydrogen-bond donors (Lipinski definition) is 0. The fraction of sp³-hybridized carbons (Fsp3) is 0.571. The molecule has 0 saturated carbocycles. The summed E-state index contributed by atoms with van der Waals surface area (Å²) < 4.78 is 0. The summed E-state index contributed by atoms with van der Waals surface area (Å²) in [5.41, 5.74) is 0. The van der Waals surface area contributed by atoms with E-state index in [0.717, 1.165) is 0 Å². The second-order valence-corrected chi connectivity index (χ2v) is 1.35. The first-order valence-electron chi connectivity index (χ1n) is 3.09. The van der Waals surface area contributed by atoms with Gasteiger partial charge in [0.05, 0.1) is 0 Å². The molecule has 0 aliphatic carbocycles. The van der Waals surface area contributed by atoms with E-state index < -0.39 is 0 Å². The van der Waals surface area contributed by atoms with Crippen molar-refractivity contribution in [2.75, 3.05) is 14.1 Å². The molecule has 0 aliphatic rings. The Labute approximate surface area is 57.9 Å². The summed E-state index contributed by atoms with van der Waals surface area (Å²) in [7, 11) is 3.72. The molecular formula is C7H16N2. The highest BCUT2D eigenvalue weighted by atomic mass is 15.4. The standard InChI is InChI=1S/C5H10N2.C2H6/c1-4-5-6-7(2)3;1-2/h4-5H,1H2,2-3H3;1-2H3/b6-5-;. The first kappa shape index (κ1) is 11.1. The largest absolute Gasteiger partial charge is 0.303 e. The Bertz CT molecular complexity index is 75.0. The average molecular weight is 128 g/mol. The molecular weight excluding hydrogens is 112 g/mol. The summed E-state index contributed by atoms with van der Waals surface area (Å²) in [6.07, 6.45) is 3.28. The molecule has 0 aromatic rings. The van der Waals surface area contributed by atoms with E-state index in [0.29, 0.717) is 0 Å². The zero-order chi connectivity index (χ0) is 7.70. The fourth-order valence-corrected chi connectivity index (χ4v) is 0.180. The molecule has 9 heavy (non-hydrogen) atoms. The zero-order valence-electron chi connectivity index (χ0n) is 6.76. The molecule has 0 spiro atoms. The molecule has 0 unspecified atom stereocenters. The lowest BCUT2D eigenvalue weighted by molar-refractivity contribution is 0.440. The summed E-state index contributed by atoms with van der Waals surface area (Å²) in [5.74, 6) is 0. The Morgan fingerprint density at radius 1 is 1.33 bits per heavy atom. The van der Waals surface area contributed by atoms with Gasteiger partial charge in [0.15, 0.2) is 0 Å². The van der Waals surface area contributed by atoms with Crippen LogP contribution in [0.4, 0.5) is 0 Å². The molecule has 0 heterocycles. The van der Waals surface area contributed by atoms with E-state index in [-0.39, 0.29) is 0 Å². The molecule has 0 bridgehead atoms. The van der Waals surface area contributed by atoms with Crippen molar-refractivity contribution in [1.29, 1.82) is 0 Å². The Kier molecular flexibility index (Phi) is 12.6. The molecule has 0 amide bonds. The van der Waals surface area contributed by atoms with Gasteiger partial charge in [-0.3, -0.25) is 0 Å². The van der Waals surface area contributed by atoms with Crippen LogP contribution < -0.4 is 0 Å². The first-order valence-corrected chi connectivity index (χ1v) is 3.09. The third kappa shape index (κ3) is 19.0. The smallest absolute Gasteiger partial charge is 0.0464 e. The van der Waals surface area contributed by atoms with Gasteiger partial charge in [0, 0.05) is 20.3 Å². The topological polar surface area (TPSA) is 15.6 Å². The van der Waals surface area contributed by atoms with E-state index in [1.54, 1.807) is 17.3 Å². The van der Waals surface area contributed by atoms with Crippen molar-refractivity contribution in [2.24, 2.45) is 5.10 Å². The second-order valence-electron chi connectivity index (χ2n) is 1.35. The van der Waals surface area contributed by atoms with Crippen LogP contribution in [0.3, 0.4) is 0 Å². The van der Waals surface area contributed by atoms with Crippen molar-refractivity contribution in [3.63, 3.8) is 0 Å². The van der Waals surface area contributed by atoms with Crippen molar-refractivity contribution in [1.82, 2.24) is 5.01 Å². The lowest BCUT2D eigenvalue weighted by Gasteiger charge is -1.99. The predicted molar refractivity (Wildman–Crippen MR) is 43.7 cm³/mol. The van der Waals surface area contributed by atoms with Crippen LogP contribution in [-0.4, -0.2) is 25.3 Å². The molecule has 0 aromatic carbocycles. The lowest BCUT2D eigenvalue weighted by Crippen LogP contribution is -2.00. The summed E-state index contributed by atoms with van der Waals surface area (Å²) >= 11 is 0. The maximum atomic E-state index is 3.83. The van der Waals surface area contributed by atoms with Crippen molar-refractivity contribution < 1.29 is 0 Å². The molecule has 0 radical (unpaired) electrons. The van der Waals surface area contributed by atoms with Gasteiger partial charge in [-0.05, 0) is 6.08 Å². The zero-order valence-corrected chi connectivity index (χ0v) is 6.76. The molecule has 54 valence electrons. The molecule has 0 aromatic heterocycles. The van der Waals surface area contributed by atoms with Crippen LogP contribution in [0.15, 0.2) is 17.8 Å². The van der Waals surface area contributed by atoms with Crippen LogP contribution in [0.25, 0.3) is 0 Å². The SMILES string of the molecule is C=C/C=N\N(C)C.CC. The van der Waals surface area contributed by atoms with E-state index in [2.05, 4.69) is 11.7 Å². The predicted octanol–water partition coefficient (Wildman–Crippen LogP) is 1.75. The molecule has 0 rings (SSSR count). The second kappa shape index (κ2) is 10.2. The maximum absolute atomic E-state index is 3.83. The number of rotatable bonds is 2. The Morgan fingerprint density at radius 2 is 1.78 bits per heavy atom. The van der Waals surface area contributed by atoms with Crippen LogP contribution >= 0.6 is 0 Å². The normalized spacial score (nSPS) is 8.00. The third-order valence-corrected chi connectivity index (χ3v) is 0.403. The quantitative estimate of drug-likeness (QED) is 0.408. The van der Waals surface area contributed by atoms with Crippen LogP contribution in [0.5, 0.6) is 0 Å². The van der Waals surface area contributed by atoms with E-state index in [1.165, 1.54) is 0 Å². The minimum absolute atomic E-state index is 1.64. The van der Waals surface area contributed by atoms with E-state index >= 15 is 0 Å². The van der Waals surface area contributed by atoms with Crippen LogP contribution in [-0.2, 0) is 0 Å². The highest BCUT2D eigenvalue weighted by molar-refractivity contribution is 5.69. The third-order valence-electron chi connectivity index (χ3n) is 0.403. The van der Waals surface area contributed by atoms with Gasteiger partial charge >= 0.3 is 0 Å². The van der Waals surface area contributed by atoms with Crippen LogP contribution in [0.1, 0.15) is 13.8 Å². The molecule has 0 aliphatic heterocycles. The Morgan fingerprint density at radius 3 is 1.89 bits per heavy atom. The Hall–Kier alpha value is -0.790. The summed E-state index contributed by atoms with van der Waals surface area (Å²) in [6.45, 7) is 7.46. The van der Waals surface area contributed by atoms with Gasteiger partial charge in [-0.1, -0.05) is 20.4 Å². The minimum atomic E-state index is 1.64. The molecule has 0 atom stereocenters. The summed E-state index contributed by atoms with van der Waals surface area (Å²) in [5, 5.41) is 5.54. The van der Waals surface area contributed by atoms with Crippen molar-refractivity contribution in [2.45, 2.75) is 13.8 Å². The summed E-state index contributed by atoms with van der Waals surface area (Å²) in [4.78, 5) is 0. The molecule has 0 fully saturated rings. The molecule has 2 nitrogen and oxygen atoms in total. The number of allylic oxidation sites excluding steroid dienone is 1. The Balaban J connectivity index is 0. The maximum Gasteiger partial charge on any atom is 0.0464 e. The van der Waals surface area contributed by atoms with Crippen LogP contribution in [0, 0.1) is 0 Å². The van der Waals surface area contributed by atoms with Crippen molar-refractivity contribution in [3.8, 4) is 0 Å². The van der Waals surface area contributed by atoms with Gasteiger partial charge in [-0.15, -0.1) is 0 Å². The summed E-state index contributed by atoms with van der Waals surface area (Å²) in [6, 6.07) is 0. The van der Waals surface area contributed by atoms with Gasteiger partial charge in [0.1, 0.15) is 0 Å². The van der Waals surface area contributed by atoms with Crippen LogP contribution in [0.2, 0.25) is 0 Å². The molecule has 0 N–H and O–H groups in total. The highest BCUT2D eigenvalue weighted by Crippen LogP contribution is 1.69. The molecule has 2 heteroatoms. The van der Waals surface area contributed by atoms with Crippen molar-refractivity contribution >= 4 is 6.21 Å². The van der Waals surface area contributed by atoms with Gasteiger partial charge < -0.3 is 5.01 Å². The first-order chi connectivity index (χ1) is 4.27. The van der Waals surface area contributed by atoms with Gasteiger partial charge in [-0.2, -0.15) is 5.10 Å². The van der Waals surface area contributed by atoms with E-state index in [4.69, 9.17) is 0 Å². The van der Waals surface area contributed by atoms with Gasteiger partial charge in [0.25, 0.3) is 0 Å². The highest BCUT2D eigenvalue weighted by Gasteiger charge is 1.67. The van der Waals surface area contributed by atoms with E-state index in [9.17, 15) is 0 Å². The van der Waals surface area contributed by atoms with Gasteiger partial charge in [0.2, 0.25) is 0 Å². The lowest BCUT2D eigenvalue weighted by atomic mass is 10.7. The minimum Gasteiger partial charge on any atom is -0.303 e. The fourth-order valence-electron chi connectivity index (χ4n) is 0.180. The van der Waals surface area contributed by atoms with E-state index in [1.807, 2.05) is 27.9 Å².